The van der Waals surface area contributed by atoms with Crippen molar-refractivity contribution < 1.29 is 14.7 Å². The van der Waals surface area contributed by atoms with E-state index in [0.717, 1.165) is 5.82 Å². The Bertz CT molecular complexity index is 416. The number of aromatic nitrogens is 2. The molecule has 1 amide bonds. The molecule has 0 aliphatic heterocycles. The van der Waals surface area contributed by atoms with Crippen LogP contribution in [0.4, 0.5) is 0 Å². The summed E-state index contributed by atoms with van der Waals surface area (Å²) in [6, 6.07) is -0.775. The van der Waals surface area contributed by atoms with E-state index in [0.29, 0.717) is 13.0 Å². The first-order valence-corrected chi connectivity index (χ1v) is 5.72. The van der Waals surface area contributed by atoms with Crippen LogP contribution in [0.1, 0.15) is 18.7 Å². The van der Waals surface area contributed by atoms with E-state index >= 15 is 0 Å². The molecule has 7 heteroatoms. The summed E-state index contributed by atoms with van der Waals surface area (Å²) in [4.78, 5) is 26.0. The number of amides is 1. The number of carboxylic acids is 1. The number of aryl methyl sites for hydroxylation is 1. The SMILES string of the molecule is Cn1ccnc1CCNC(=O)C(N)CCC(=O)O. The van der Waals surface area contributed by atoms with Gasteiger partial charge in [-0.05, 0) is 6.42 Å². The van der Waals surface area contributed by atoms with Crippen molar-refractivity contribution in [2.24, 2.45) is 12.8 Å². The molecule has 100 valence electrons. The average Bonchev–Trinajstić information content (AvgIpc) is 2.72. The molecule has 18 heavy (non-hydrogen) atoms. The largest absolute Gasteiger partial charge is 0.481 e. The number of hydrogen-bond donors (Lipinski definition) is 3. The minimum absolute atomic E-state index is 0.103. The summed E-state index contributed by atoms with van der Waals surface area (Å²) in [5.41, 5.74) is 5.56. The molecule has 0 saturated carbocycles. The summed E-state index contributed by atoms with van der Waals surface area (Å²) in [6.07, 6.45) is 4.17. The lowest BCUT2D eigenvalue weighted by atomic mass is 10.1. The monoisotopic (exact) mass is 254 g/mol. The third kappa shape index (κ3) is 4.54. The van der Waals surface area contributed by atoms with Crippen molar-refractivity contribution in [2.75, 3.05) is 6.54 Å². The molecular formula is C11H18N4O3. The summed E-state index contributed by atoms with van der Waals surface area (Å²) in [7, 11) is 1.88. The maximum atomic E-state index is 11.5. The maximum absolute atomic E-state index is 11.5. The zero-order chi connectivity index (χ0) is 13.5. The van der Waals surface area contributed by atoms with Gasteiger partial charge in [-0.15, -0.1) is 0 Å². The third-order valence-electron chi connectivity index (χ3n) is 2.57. The van der Waals surface area contributed by atoms with Crippen LogP contribution in [0.3, 0.4) is 0 Å². The molecule has 1 aromatic heterocycles. The quantitative estimate of drug-likeness (QED) is 0.594. The second-order valence-corrected chi connectivity index (χ2v) is 4.03. The van der Waals surface area contributed by atoms with Gasteiger partial charge in [0, 0.05) is 38.8 Å². The van der Waals surface area contributed by atoms with Crippen molar-refractivity contribution in [1.29, 1.82) is 0 Å². The molecular weight excluding hydrogens is 236 g/mol. The Balaban J connectivity index is 2.24. The maximum Gasteiger partial charge on any atom is 0.303 e. The van der Waals surface area contributed by atoms with Crippen LogP contribution in [0.5, 0.6) is 0 Å². The Hall–Kier alpha value is -1.89. The lowest BCUT2D eigenvalue weighted by molar-refractivity contribution is -0.137. The van der Waals surface area contributed by atoms with Crippen LogP contribution in [-0.2, 0) is 23.1 Å². The molecule has 1 heterocycles. The third-order valence-corrected chi connectivity index (χ3v) is 2.57. The van der Waals surface area contributed by atoms with E-state index in [9.17, 15) is 9.59 Å². The predicted octanol–water partition coefficient (Wildman–Crippen LogP) is -0.729. The molecule has 7 nitrogen and oxygen atoms in total. The molecule has 1 rings (SSSR count). The second-order valence-electron chi connectivity index (χ2n) is 4.03. The molecule has 0 aliphatic carbocycles. The minimum Gasteiger partial charge on any atom is -0.481 e. The summed E-state index contributed by atoms with van der Waals surface area (Å²) < 4.78 is 1.87. The van der Waals surface area contributed by atoms with E-state index in [1.807, 2.05) is 17.8 Å². The Morgan fingerprint density at radius 1 is 1.61 bits per heavy atom. The predicted molar refractivity (Wildman–Crippen MR) is 64.8 cm³/mol. The first-order chi connectivity index (χ1) is 8.50. The van der Waals surface area contributed by atoms with Crippen molar-refractivity contribution in [2.45, 2.75) is 25.3 Å². The lowest BCUT2D eigenvalue weighted by Gasteiger charge is -2.10. The highest BCUT2D eigenvalue weighted by Crippen LogP contribution is 1.96. The van der Waals surface area contributed by atoms with Gasteiger partial charge in [0.15, 0.2) is 0 Å². The Morgan fingerprint density at radius 3 is 2.89 bits per heavy atom. The first-order valence-electron chi connectivity index (χ1n) is 5.72. The van der Waals surface area contributed by atoms with Crippen molar-refractivity contribution in [1.82, 2.24) is 14.9 Å². The van der Waals surface area contributed by atoms with Crippen LogP contribution in [0.25, 0.3) is 0 Å². The van der Waals surface area contributed by atoms with Gasteiger partial charge in [-0.2, -0.15) is 0 Å². The fourth-order valence-electron chi connectivity index (χ4n) is 1.48. The van der Waals surface area contributed by atoms with E-state index in [4.69, 9.17) is 10.8 Å². The van der Waals surface area contributed by atoms with E-state index in [1.54, 1.807) is 6.20 Å². The fraction of sp³-hybridized carbons (Fsp3) is 0.545. The van der Waals surface area contributed by atoms with Gasteiger partial charge in [0.2, 0.25) is 5.91 Å². The van der Waals surface area contributed by atoms with Crippen LogP contribution in [0.2, 0.25) is 0 Å². The van der Waals surface area contributed by atoms with Crippen molar-refractivity contribution >= 4 is 11.9 Å². The van der Waals surface area contributed by atoms with Gasteiger partial charge in [-0.1, -0.05) is 0 Å². The standard InChI is InChI=1S/C11H18N4O3/c1-15-7-6-13-9(15)4-5-14-11(18)8(12)2-3-10(16)17/h6-8H,2-5,12H2,1H3,(H,14,18)(H,16,17). The Labute approximate surface area is 105 Å². The van der Waals surface area contributed by atoms with Crippen LogP contribution < -0.4 is 11.1 Å². The molecule has 0 aliphatic rings. The molecule has 1 atom stereocenters. The summed E-state index contributed by atoms with van der Waals surface area (Å²) in [6.45, 7) is 0.435. The second kappa shape index (κ2) is 6.75. The number of carbonyl (C=O) groups is 2. The number of nitrogens with two attached hydrogens (primary N) is 1. The fourth-order valence-corrected chi connectivity index (χ4v) is 1.48. The van der Waals surface area contributed by atoms with Crippen molar-refractivity contribution in [3.05, 3.63) is 18.2 Å². The molecule has 0 aromatic carbocycles. The van der Waals surface area contributed by atoms with Crippen LogP contribution >= 0.6 is 0 Å². The van der Waals surface area contributed by atoms with Gasteiger partial charge < -0.3 is 20.7 Å². The molecule has 1 aromatic rings. The van der Waals surface area contributed by atoms with Gasteiger partial charge in [0.1, 0.15) is 5.82 Å². The highest BCUT2D eigenvalue weighted by Gasteiger charge is 2.14. The molecule has 0 bridgehead atoms. The topological polar surface area (TPSA) is 110 Å². The molecule has 0 spiro atoms. The average molecular weight is 254 g/mol. The molecule has 0 saturated heterocycles. The van der Waals surface area contributed by atoms with Crippen LogP contribution in [-0.4, -0.2) is 39.1 Å². The van der Waals surface area contributed by atoms with Crippen molar-refractivity contribution in [3.63, 3.8) is 0 Å². The van der Waals surface area contributed by atoms with Crippen molar-refractivity contribution in [3.8, 4) is 0 Å². The number of nitrogens with one attached hydrogen (secondary N) is 1. The number of carboxylic acid groups (broad SMARTS) is 1. The number of carbonyl (C=O) groups excluding carboxylic acids is 1. The Morgan fingerprint density at radius 2 is 2.33 bits per heavy atom. The number of nitrogens with zero attached hydrogens (tertiary/aromatic N) is 2. The van der Waals surface area contributed by atoms with Crippen LogP contribution in [0.15, 0.2) is 12.4 Å². The lowest BCUT2D eigenvalue weighted by Crippen LogP contribution is -2.41. The van der Waals surface area contributed by atoms with E-state index in [-0.39, 0.29) is 18.7 Å². The van der Waals surface area contributed by atoms with E-state index in [2.05, 4.69) is 10.3 Å². The normalized spacial score (nSPS) is 12.1. The van der Waals surface area contributed by atoms with Gasteiger partial charge >= 0.3 is 5.97 Å². The van der Waals surface area contributed by atoms with E-state index in [1.165, 1.54) is 0 Å². The minimum atomic E-state index is -0.953. The van der Waals surface area contributed by atoms with Gasteiger partial charge in [-0.25, -0.2) is 4.98 Å². The number of aliphatic carboxylic acids is 1. The van der Waals surface area contributed by atoms with Gasteiger partial charge in [0.05, 0.1) is 6.04 Å². The zero-order valence-corrected chi connectivity index (χ0v) is 10.3. The number of imidazole rings is 1. The highest BCUT2D eigenvalue weighted by atomic mass is 16.4. The summed E-state index contributed by atoms with van der Waals surface area (Å²) >= 11 is 0. The molecule has 0 fully saturated rings. The van der Waals surface area contributed by atoms with Gasteiger partial charge in [0.25, 0.3) is 0 Å². The first kappa shape index (κ1) is 14.2. The summed E-state index contributed by atoms with van der Waals surface area (Å²) in [5.74, 6) is -0.411. The number of rotatable bonds is 7. The molecule has 0 radical (unpaired) electrons. The molecule has 1 unspecified atom stereocenters. The molecule has 4 N–H and O–H groups in total. The van der Waals surface area contributed by atoms with E-state index < -0.39 is 12.0 Å². The van der Waals surface area contributed by atoms with Crippen LogP contribution in [0, 0.1) is 0 Å². The Kier molecular flexibility index (Phi) is 5.31. The zero-order valence-electron chi connectivity index (χ0n) is 10.3. The number of hydrogen-bond acceptors (Lipinski definition) is 4. The van der Waals surface area contributed by atoms with Gasteiger partial charge in [-0.3, -0.25) is 9.59 Å². The smallest absolute Gasteiger partial charge is 0.303 e. The summed E-state index contributed by atoms with van der Waals surface area (Å²) in [5, 5.41) is 11.1. The highest BCUT2D eigenvalue weighted by molar-refractivity contribution is 5.82.